The topological polar surface area (TPSA) is 20.1 Å². The number of hydrogen-bond donors (Lipinski definition) is 0. The van der Waals surface area contributed by atoms with Gasteiger partial charge in [0, 0.05) is 0 Å². The Morgan fingerprint density at radius 2 is 1.70 bits per heavy atom. The van der Waals surface area contributed by atoms with Gasteiger partial charge < -0.3 is 0 Å². The summed E-state index contributed by atoms with van der Waals surface area (Å²) in [5.41, 5.74) is 1.52. The summed E-state index contributed by atoms with van der Waals surface area (Å²) in [6, 6.07) is 11.0. The van der Waals surface area contributed by atoms with Gasteiger partial charge in [-0.2, -0.15) is 0 Å². The molecule has 0 aromatic heterocycles. The van der Waals surface area contributed by atoms with Crippen LogP contribution in [0.4, 0.5) is 0 Å². The summed E-state index contributed by atoms with van der Waals surface area (Å²) in [5, 5.41) is 0. The van der Waals surface area contributed by atoms with Crippen molar-refractivity contribution in [3.63, 3.8) is 0 Å². The van der Waals surface area contributed by atoms with Crippen molar-refractivity contribution >= 4 is 11.0 Å². The number of benzene rings is 1. The van der Waals surface area contributed by atoms with E-state index in [-0.39, 0.29) is 10.3 Å². The zero-order valence-corrected chi connectivity index (χ0v) is 13.6. The second-order valence-electron chi connectivity index (χ2n) is 7.16. The minimum atomic E-state index is -0.912. The maximum absolute atomic E-state index is 12.9. The maximum Gasteiger partial charge on any atom is 0.101 e. The van der Waals surface area contributed by atoms with Crippen LogP contribution in [0, 0.1) is 0 Å². The van der Waals surface area contributed by atoms with Gasteiger partial charge in [0.15, 0.2) is 0 Å². The molecule has 3 heteroatoms. The summed E-state index contributed by atoms with van der Waals surface area (Å²) in [4.78, 5) is 0. The van der Waals surface area contributed by atoms with Crippen LogP contribution < -0.4 is 0 Å². The molecule has 1 aromatic carbocycles. The summed E-state index contributed by atoms with van der Waals surface area (Å²) < 4.78 is 15.1. The average molecular weight is 291 g/mol. The fraction of sp³-hybridized carbons (Fsp3) is 0.647. The van der Waals surface area contributed by atoms with Gasteiger partial charge in [-0.05, 0) is 39.2 Å². The van der Waals surface area contributed by atoms with Crippen LogP contribution in [0.25, 0.3) is 0 Å². The Morgan fingerprint density at radius 3 is 2.25 bits per heavy atom. The van der Waals surface area contributed by atoms with Crippen LogP contribution >= 0.6 is 0 Å². The molecule has 2 fully saturated rings. The highest BCUT2D eigenvalue weighted by atomic mass is 32.2. The molecule has 1 saturated heterocycles. The lowest BCUT2D eigenvalue weighted by molar-refractivity contribution is 0.367. The van der Waals surface area contributed by atoms with Crippen LogP contribution in [-0.4, -0.2) is 18.8 Å². The molecule has 20 heavy (non-hydrogen) atoms. The molecule has 1 aliphatic heterocycles. The predicted octanol–water partition coefficient (Wildman–Crippen LogP) is 4.21. The van der Waals surface area contributed by atoms with E-state index in [1.807, 2.05) is 0 Å². The van der Waals surface area contributed by atoms with E-state index in [4.69, 9.17) is 0 Å². The SMILES string of the molecule is CC(C)(C)S(=O)N1[C@H](c2ccccc2)C12CCCCC2. The first kappa shape index (κ1) is 14.3. The Morgan fingerprint density at radius 1 is 1.10 bits per heavy atom. The molecular formula is C17H25NOS. The van der Waals surface area contributed by atoms with E-state index in [9.17, 15) is 4.21 Å². The van der Waals surface area contributed by atoms with Gasteiger partial charge in [-0.1, -0.05) is 49.6 Å². The van der Waals surface area contributed by atoms with E-state index in [2.05, 4.69) is 55.4 Å². The third kappa shape index (κ3) is 2.25. The molecule has 2 unspecified atom stereocenters. The Bertz CT molecular complexity index is 499. The van der Waals surface area contributed by atoms with Crippen molar-refractivity contribution in [2.24, 2.45) is 0 Å². The largest absolute Gasteiger partial charge is 0.242 e. The second-order valence-corrected chi connectivity index (χ2v) is 9.28. The van der Waals surface area contributed by atoms with Gasteiger partial charge in [0.25, 0.3) is 0 Å². The number of hydrogen-bond acceptors (Lipinski definition) is 1. The summed E-state index contributed by atoms with van der Waals surface area (Å²) >= 11 is 0. The Labute approximate surface area is 125 Å². The molecular weight excluding hydrogens is 266 g/mol. The normalized spacial score (nSPS) is 30.1. The number of nitrogens with zero attached hydrogens (tertiary/aromatic N) is 1. The van der Waals surface area contributed by atoms with Gasteiger partial charge in [-0.15, -0.1) is 0 Å². The van der Waals surface area contributed by atoms with Crippen LogP contribution in [0.2, 0.25) is 0 Å². The van der Waals surface area contributed by atoms with E-state index in [1.165, 1.54) is 37.7 Å². The quantitative estimate of drug-likeness (QED) is 0.747. The van der Waals surface area contributed by atoms with E-state index in [0.717, 1.165) is 0 Å². The van der Waals surface area contributed by atoms with E-state index in [1.54, 1.807) is 0 Å². The zero-order chi connectivity index (χ0) is 14.4. The molecule has 3 atom stereocenters. The third-order valence-electron chi connectivity index (χ3n) is 4.65. The zero-order valence-electron chi connectivity index (χ0n) is 12.8. The average Bonchev–Trinajstić information content (AvgIpc) is 3.05. The molecule has 2 aliphatic rings. The lowest BCUT2D eigenvalue weighted by Crippen LogP contribution is -2.32. The molecule has 0 amide bonds. The first-order valence-electron chi connectivity index (χ1n) is 7.73. The van der Waals surface area contributed by atoms with Crippen LogP contribution in [0.15, 0.2) is 30.3 Å². The van der Waals surface area contributed by atoms with Crippen LogP contribution in [-0.2, 0) is 11.0 Å². The van der Waals surface area contributed by atoms with Gasteiger partial charge >= 0.3 is 0 Å². The standard InChI is InChI=1S/C17H25NOS/c1-16(2,3)20(19)18-15(14-10-6-4-7-11-14)17(18)12-8-5-9-13-17/h4,6-7,10-11,15H,5,8-9,12-13H2,1-3H3/t15-,18?,20?/m1/s1. The highest BCUT2D eigenvalue weighted by molar-refractivity contribution is 7.84. The molecule has 0 radical (unpaired) electrons. The summed E-state index contributed by atoms with van der Waals surface area (Å²) in [6.07, 6.45) is 6.30. The lowest BCUT2D eigenvalue weighted by Gasteiger charge is -2.25. The Balaban J connectivity index is 1.93. The highest BCUT2D eigenvalue weighted by Crippen LogP contribution is 2.62. The van der Waals surface area contributed by atoms with E-state index < -0.39 is 11.0 Å². The maximum atomic E-state index is 12.9. The fourth-order valence-electron chi connectivity index (χ4n) is 3.64. The summed E-state index contributed by atoms with van der Waals surface area (Å²) in [5.74, 6) is 0. The molecule has 1 spiro atoms. The summed E-state index contributed by atoms with van der Waals surface area (Å²) in [6.45, 7) is 6.25. The second kappa shape index (κ2) is 4.96. The minimum absolute atomic E-state index is 0.173. The first-order valence-corrected chi connectivity index (χ1v) is 8.84. The molecule has 2 nitrogen and oxygen atoms in total. The summed E-state index contributed by atoms with van der Waals surface area (Å²) in [7, 11) is -0.912. The van der Waals surface area contributed by atoms with Crippen molar-refractivity contribution in [2.75, 3.05) is 0 Å². The van der Waals surface area contributed by atoms with Gasteiger partial charge in [0.05, 0.1) is 16.3 Å². The molecule has 1 heterocycles. The van der Waals surface area contributed by atoms with Gasteiger partial charge in [0.2, 0.25) is 0 Å². The van der Waals surface area contributed by atoms with Gasteiger partial charge in [0.1, 0.15) is 11.0 Å². The van der Waals surface area contributed by atoms with Crippen LogP contribution in [0.3, 0.4) is 0 Å². The van der Waals surface area contributed by atoms with E-state index >= 15 is 0 Å². The Kier molecular flexibility index (Phi) is 3.54. The smallest absolute Gasteiger partial charge is 0.101 e. The Hall–Kier alpha value is -0.670. The van der Waals surface area contributed by atoms with Crippen molar-refractivity contribution in [1.82, 2.24) is 4.31 Å². The van der Waals surface area contributed by atoms with Crippen LogP contribution in [0.5, 0.6) is 0 Å². The van der Waals surface area contributed by atoms with Crippen molar-refractivity contribution in [1.29, 1.82) is 0 Å². The molecule has 1 saturated carbocycles. The van der Waals surface area contributed by atoms with Crippen molar-refractivity contribution in [3.8, 4) is 0 Å². The molecule has 1 aliphatic carbocycles. The van der Waals surface area contributed by atoms with Crippen molar-refractivity contribution < 1.29 is 4.21 Å². The fourth-order valence-corrected chi connectivity index (χ4v) is 5.30. The molecule has 0 N–H and O–H groups in total. The van der Waals surface area contributed by atoms with Crippen LogP contribution in [0.1, 0.15) is 64.5 Å². The van der Waals surface area contributed by atoms with E-state index in [0.29, 0.717) is 6.04 Å². The molecule has 0 bridgehead atoms. The van der Waals surface area contributed by atoms with Crippen molar-refractivity contribution in [2.45, 2.75) is 69.2 Å². The molecule has 3 rings (SSSR count). The lowest BCUT2D eigenvalue weighted by atomic mass is 9.84. The molecule has 110 valence electrons. The minimum Gasteiger partial charge on any atom is -0.242 e. The highest BCUT2D eigenvalue weighted by Gasteiger charge is 2.66. The first-order chi connectivity index (χ1) is 9.47. The predicted molar refractivity (Wildman–Crippen MR) is 84.7 cm³/mol. The van der Waals surface area contributed by atoms with Gasteiger partial charge in [-0.3, -0.25) is 0 Å². The number of rotatable bonds is 2. The third-order valence-corrected chi connectivity index (χ3v) is 6.63. The van der Waals surface area contributed by atoms with Gasteiger partial charge in [-0.25, -0.2) is 8.51 Å². The monoisotopic (exact) mass is 291 g/mol. The van der Waals surface area contributed by atoms with Crippen molar-refractivity contribution in [3.05, 3.63) is 35.9 Å². The molecule has 1 aromatic rings.